The highest BCUT2D eigenvalue weighted by Crippen LogP contribution is 2.12. The monoisotopic (exact) mass is 251 g/mol. The molecule has 0 aliphatic heterocycles. The average Bonchev–Trinajstić information content (AvgIpc) is 2.29. The number of nitrogens with zero attached hydrogens (tertiary/aromatic N) is 1. The lowest BCUT2D eigenvalue weighted by atomic mass is 10.1. The molecule has 3 nitrogen and oxygen atoms in total. The van der Waals surface area contributed by atoms with Crippen LogP contribution in [0.15, 0.2) is 29.4 Å². The molecule has 4 heteroatoms. The van der Waals surface area contributed by atoms with Gasteiger partial charge in [0, 0.05) is 12.6 Å². The van der Waals surface area contributed by atoms with Crippen LogP contribution in [0, 0.1) is 17.8 Å². The van der Waals surface area contributed by atoms with Crippen molar-refractivity contribution in [1.82, 2.24) is 4.98 Å². The fourth-order valence-corrected chi connectivity index (χ4v) is 2.26. The van der Waals surface area contributed by atoms with E-state index < -0.39 is 15.1 Å². The Kier molecular flexibility index (Phi) is 4.71. The van der Waals surface area contributed by atoms with Gasteiger partial charge in [0.2, 0.25) is 9.84 Å². The van der Waals surface area contributed by atoms with Crippen molar-refractivity contribution in [3.63, 3.8) is 0 Å². The molecule has 92 valence electrons. The van der Waals surface area contributed by atoms with E-state index in [1.807, 2.05) is 13.8 Å². The summed E-state index contributed by atoms with van der Waals surface area (Å²) in [6, 6.07) is 4.85. The van der Waals surface area contributed by atoms with Gasteiger partial charge in [-0.05, 0) is 25.0 Å². The van der Waals surface area contributed by atoms with Gasteiger partial charge < -0.3 is 0 Å². The predicted octanol–water partition coefficient (Wildman–Crippen LogP) is 2.29. The summed E-state index contributed by atoms with van der Waals surface area (Å²) in [5, 5.41) is -0.623. The van der Waals surface area contributed by atoms with E-state index in [0.29, 0.717) is 12.3 Å². The van der Waals surface area contributed by atoms with Crippen molar-refractivity contribution in [2.24, 2.45) is 5.92 Å². The molecule has 1 unspecified atom stereocenters. The van der Waals surface area contributed by atoms with Crippen molar-refractivity contribution in [2.45, 2.75) is 37.5 Å². The molecule has 0 saturated heterocycles. The normalized spacial score (nSPS) is 12.9. The SMILES string of the molecule is CC(C)CC#CC(C)S(=O)(=O)c1ccccn1. The van der Waals surface area contributed by atoms with Gasteiger partial charge in [-0.1, -0.05) is 25.8 Å². The first-order valence-electron chi connectivity index (χ1n) is 5.58. The summed E-state index contributed by atoms with van der Waals surface area (Å²) < 4.78 is 24.1. The largest absolute Gasteiger partial charge is 0.245 e. The lowest BCUT2D eigenvalue weighted by molar-refractivity contribution is 0.588. The molecule has 0 N–H and O–H groups in total. The van der Waals surface area contributed by atoms with Crippen molar-refractivity contribution < 1.29 is 8.42 Å². The molecule has 0 bridgehead atoms. The van der Waals surface area contributed by atoms with Gasteiger partial charge in [-0.15, -0.1) is 5.92 Å². The highest BCUT2D eigenvalue weighted by Gasteiger charge is 2.22. The van der Waals surface area contributed by atoms with Crippen molar-refractivity contribution in [3.05, 3.63) is 24.4 Å². The van der Waals surface area contributed by atoms with Gasteiger partial charge in [0.15, 0.2) is 5.03 Å². The molecule has 0 radical (unpaired) electrons. The highest BCUT2D eigenvalue weighted by molar-refractivity contribution is 7.92. The summed E-state index contributed by atoms with van der Waals surface area (Å²) in [5.74, 6) is 6.13. The maximum atomic E-state index is 12.0. The standard InChI is InChI=1S/C13H17NO2S/c1-11(2)7-6-8-12(3)17(15,16)13-9-4-5-10-14-13/h4-5,9-12H,7H2,1-3H3. The number of aromatic nitrogens is 1. The zero-order chi connectivity index (χ0) is 12.9. The molecule has 1 aromatic heterocycles. The minimum Gasteiger partial charge on any atom is -0.245 e. The van der Waals surface area contributed by atoms with Crippen molar-refractivity contribution in [2.75, 3.05) is 0 Å². The third-order valence-electron chi connectivity index (χ3n) is 2.21. The van der Waals surface area contributed by atoms with Crippen LogP contribution >= 0.6 is 0 Å². The van der Waals surface area contributed by atoms with Crippen LogP contribution in [-0.4, -0.2) is 18.7 Å². The second-order valence-electron chi connectivity index (χ2n) is 4.27. The Bertz CT molecular complexity index is 509. The van der Waals surface area contributed by atoms with Gasteiger partial charge in [-0.25, -0.2) is 13.4 Å². The van der Waals surface area contributed by atoms with Gasteiger partial charge in [0.25, 0.3) is 0 Å². The Morgan fingerprint density at radius 3 is 2.53 bits per heavy atom. The van der Waals surface area contributed by atoms with Crippen molar-refractivity contribution >= 4 is 9.84 Å². The molecule has 1 atom stereocenters. The second kappa shape index (κ2) is 5.83. The van der Waals surface area contributed by atoms with E-state index in [1.54, 1.807) is 19.1 Å². The summed E-state index contributed by atoms with van der Waals surface area (Å²) in [6.07, 6.45) is 2.18. The Morgan fingerprint density at radius 2 is 2.00 bits per heavy atom. The van der Waals surface area contributed by atoms with Crippen LogP contribution in [0.4, 0.5) is 0 Å². The third kappa shape index (κ3) is 3.86. The number of hydrogen-bond acceptors (Lipinski definition) is 3. The number of hydrogen-bond donors (Lipinski definition) is 0. The molecular weight excluding hydrogens is 234 g/mol. The second-order valence-corrected chi connectivity index (χ2v) is 6.49. The fourth-order valence-electron chi connectivity index (χ4n) is 1.18. The van der Waals surface area contributed by atoms with Crippen molar-refractivity contribution in [1.29, 1.82) is 0 Å². The topological polar surface area (TPSA) is 47.0 Å². The van der Waals surface area contributed by atoms with Gasteiger partial charge in [-0.3, -0.25) is 0 Å². The van der Waals surface area contributed by atoms with Gasteiger partial charge >= 0.3 is 0 Å². The maximum absolute atomic E-state index is 12.0. The Morgan fingerprint density at radius 1 is 1.29 bits per heavy atom. The van der Waals surface area contributed by atoms with Crippen LogP contribution in [0.1, 0.15) is 27.2 Å². The molecule has 1 aromatic rings. The van der Waals surface area contributed by atoms with Crippen molar-refractivity contribution in [3.8, 4) is 11.8 Å². The van der Waals surface area contributed by atoms with Crippen LogP contribution in [0.25, 0.3) is 0 Å². The van der Waals surface area contributed by atoms with E-state index in [4.69, 9.17) is 0 Å². The van der Waals surface area contributed by atoms with E-state index >= 15 is 0 Å². The molecule has 0 fully saturated rings. The van der Waals surface area contributed by atoms with E-state index in [-0.39, 0.29) is 5.03 Å². The molecule has 17 heavy (non-hydrogen) atoms. The lowest BCUT2D eigenvalue weighted by Gasteiger charge is -2.05. The predicted molar refractivity (Wildman–Crippen MR) is 68.1 cm³/mol. The summed E-state index contributed by atoms with van der Waals surface area (Å²) in [4.78, 5) is 3.86. The smallest absolute Gasteiger partial charge is 0.209 e. The summed E-state index contributed by atoms with van der Waals surface area (Å²) >= 11 is 0. The van der Waals surface area contributed by atoms with E-state index in [1.165, 1.54) is 12.3 Å². The zero-order valence-electron chi connectivity index (χ0n) is 10.3. The molecule has 1 heterocycles. The highest BCUT2D eigenvalue weighted by atomic mass is 32.2. The number of pyridine rings is 1. The number of rotatable bonds is 3. The van der Waals surface area contributed by atoms with E-state index in [0.717, 1.165) is 0 Å². The summed E-state index contributed by atoms with van der Waals surface area (Å²) in [7, 11) is -3.42. The fraction of sp³-hybridized carbons (Fsp3) is 0.462. The average molecular weight is 251 g/mol. The molecule has 0 aromatic carbocycles. The van der Waals surface area contributed by atoms with Crippen LogP contribution in [0.5, 0.6) is 0 Å². The van der Waals surface area contributed by atoms with Gasteiger partial charge in [0.1, 0.15) is 5.25 Å². The third-order valence-corrected chi connectivity index (χ3v) is 4.08. The van der Waals surface area contributed by atoms with Crippen LogP contribution < -0.4 is 0 Å². The van der Waals surface area contributed by atoms with Crippen LogP contribution in [0.3, 0.4) is 0 Å². The quantitative estimate of drug-likeness (QED) is 0.774. The molecule has 0 aliphatic rings. The Labute approximate surface area is 103 Å². The minimum absolute atomic E-state index is 0.0892. The molecule has 0 amide bonds. The molecule has 0 aliphatic carbocycles. The van der Waals surface area contributed by atoms with Crippen LogP contribution in [-0.2, 0) is 9.84 Å². The van der Waals surface area contributed by atoms with E-state index in [2.05, 4.69) is 16.8 Å². The molecule has 0 saturated carbocycles. The van der Waals surface area contributed by atoms with Gasteiger partial charge in [0.05, 0.1) is 0 Å². The first-order valence-corrected chi connectivity index (χ1v) is 7.12. The Balaban J connectivity index is 2.88. The molecule has 1 rings (SSSR count). The lowest BCUT2D eigenvalue weighted by Crippen LogP contribution is -2.17. The summed E-state index contributed by atoms with van der Waals surface area (Å²) in [5.41, 5.74) is 0. The maximum Gasteiger partial charge on any atom is 0.209 e. The first kappa shape index (κ1) is 13.7. The van der Waals surface area contributed by atoms with Crippen LogP contribution in [0.2, 0.25) is 0 Å². The zero-order valence-corrected chi connectivity index (χ0v) is 11.2. The number of sulfone groups is 1. The molecular formula is C13H17NO2S. The minimum atomic E-state index is -3.42. The first-order chi connectivity index (χ1) is 7.94. The Hall–Kier alpha value is -1.34. The summed E-state index contributed by atoms with van der Waals surface area (Å²) in [6.45, 7) is 5.69. The van der Waals surface area contributed by atoms with E-state index in [9.17, 15) is 8.42 Å². The molecule has 0 spiro atoms. The van der Waals surface area contributed by atoms with Gasteiger partial charge in [-0.2, -0.15) is 0 Å².